The van der Waals surface area contributed by atoms with Crippen molar-refractivity contribution < 1.29 is 9.18 Å². The van der Waals surface area contributed by atoms with E-state index in [1.165, 1.54) is 12.1 Å². The van der Waals surface area contributed by atoms with E-state index in [0.29, 0.717) is 13.1 Å². The summed E-state index contributed by atoms with van der Waals surface area (Å²) in [5.41, 5.74) is 8.47. The number of nitrogens with one attached hydrogen (secondary N) is 1. The van der Waals surface area contributed by atoms with Crippen molar-refractivity contribution in [2.45, 2.75) is 19.5 Å². The molecular formula is C16H17FN2O. The number of carbonyl (C=O) groups is 1. The first-order valence-corrected chi connectivity index (χ1v) is 6.47. The second kappa shape index (κ2) is 6.82. The molecule has 0 saturated heterocycles. The third-order valence-corrected chi connectivity index (χ3v) is 3.09. The van der Waals surface area contributed by atoms with E-state index < -0.39 is 0 Å². The summed E-state index contributed by atoms with van der Waals surface area (Å²) >= 11 is 0. The number of hydrogen-bond donors (Lipinski definition) is 2. The largest absolute Gasteiger partial charge is 0.352 e. The molecule has 0 heterocycles. The van der Waals surface area contributed by atoms with Crippen molar-refractivity contribution in [2.24, 2.45) is 5.73 Å². The standard InChI is InChI=1S/C16H17FN2O/c17-15-7-5-12(6-8-15)9-16(20)19-11-14-4-2-1-3-13(14)10-18/h1-8H,9-11,18H2,(H,19,20). The summed E-state index contributed by atoms with van der Waals surface area (Å²) in [4.78, 5) is 11.8. The van der Waals surface area contributed by atoms with Crippen LogP contribution < -0.4 is 11.1 Å². The second-order valence-corrected chi connectivity index (χ2v) is 4.55. The van der Waals surface area contributed by atoms with Gasteiger partial charge >= 0.3 is 0 Å². The fourth-order valence-electron chi connectivity index (χ4n) is 1.97. The van der Waals surface area contributed by atoms with E-state index in [1.54, 1.807) is 12.1 Å². The van der Waals surface area contributed by atoms with Crippen LogP contribution in [0.15, 0.2) is 48.5 Å². The van der Waals surface area contributed by atoms with E-state index in [2.05, 4.69) is 5.32 Å². The van der Waals surface area contributed by atoms with E-state index in [-0.39, 0.29) is 18.1 Å². The molecule has 4 heteroatoms. The van der Waals surface area contributed by atoms with Crippen LogP contribution in [-0.4, -0.2) is 5.91 Å². The number of halogens is 1. The Morgan fingerprint density at radius 3 is 2.35 bits per heavy atom. The van der Waals surface area contributed by atoms with Crippen molar-refractivity contribution >= 4 is 5.91 Å². The quantitative estimate of drug-likeness (QED) is 0.876. The fourth-order valence-corrected chi connectivity index (χ4v) is 1.97. The number of hydrogen-bond acceptors (Lipinski definition) is 2. The van der Waals surface area contributed by atoms with Crippen molar-refractivity contribution in [3.63, 3.8) is 0 Å². The Kier molecular flexibility index (Phi) is 4.85. The highest BCUT2D eigenvalue weighted by Gasteiger charge is 2.05. The first-order valence-electron chi connectivity index (χ1n) is 6.47. The molecule has 0 atom stereocenters. The van der Waals surface area contributed by atoms with E-state index >= 15 is 0 Å². The Morgan fingerprint density at radius 1 is 1.05 bits per heavy atom. The lowest BCUT2D eigenvalue weighted by molar-refractivity contribution is -0.120. The first kappa shape index (κ1) is 14.2. The molecule has 0 aliphatic carbocycles. The molecule has 0 radical (unpaired) electrons. The summed E-state index contributed by atoms with van der Waals surface area (Å²) in [5, 5.41) is 2.85. The Balaban J connectivity index is 1.90. The Hall–Kier alpha value is -2.20. The highest BCUT2D eigenvalue weighted by Crippen LogP contribution is 2.08. The lowest BCUT2D eigenvalue weighted by atomic mass is 10.1. The van der Waals surface area contributed by atoms with Gasteiger partial charge in [-0.05, 0) is 28.8 Å². The predicted molar refractivity (Wildman–Crippen MR) is 76.3 cm³/mol. The smallest absolute Gasteiger partial charge is 0.224 e. The number of nitrogens with two attached hydrogens (primary N) is 1. The third-order valence-electron chi connectivity index (χ3n) is 3.09. The van der Waals surface area contributed by atoms with Gasteiger partial charge in [-0.15, -0.1) is 0 Å². The molecule has 0 spiro atoms. The van der Waals surface area contributed by atoms with Crippen LogP contribution in [0.3, 0.4) is 0 Å². The zero-order valence-electron chi connectivity index (χ0n) is 11.1. The lowest BCUT2D eigenvalue weighted by Crippen LogP contribution is -2.25. The molecule has 3 nitrogen and oxygen atoms in total. The maximum absolute atomic E-state index is 12.8. The van der Waals surface area contributed by atoms with Crippen molar-refractivity contribution in [3.8, 4) is 0 Å². The average Bonchev–Trinajstić information content (AvgIpc) is 2.48. The Morgan fingerprint density at radius 2 is 1.70 bits per heavy atom. The van der Waals surface area contributed by atoms with Gasteiger partial charge in [0, 0.05) is 13.1 Å². The molecule has 2 aromatic rings. The molecule has 20 heavy (non-hydrogen) atoms. The van der Waals surface area contributed by atoms with Gasteiger partial charge in [0.15, 0.2) is 0 Å². The zero-order chi connectivity index (χ0) is 14.4. The monoisotopic (exact) mass is 272 g/mol. The zero-order valence-corrected chi connectivity index (χ0v) is 11.1. The summed E-state index contributed by atoms with van der Waals surface area (Å²) in [6.07, 6.45) is 0.241. The minimum atomic E-state index is -0.300. The normalized spacial score (nSPS) is 10.3. The number of rotatable bonds is 5. The molecule has 0 saturated carbocycles. The predicted octanol–water partition coefficient (Wildman–Crippen LogP) is 2.14. The molecule has 2 aromatic carbocycles. The summed E-state index contributed by atoms with van der Waals surface area (Å²) in [6.45, 7) is 0.900. The SMILES string of the molecule is NCc1ccccc1CNC(=O)Cc1ccc(F)cc1. The molecule has 0 bridgehead atoms. The molecule has 0 unspecified atom stereocenters. The molecule has 3 N–H and O–H groups in total. The lowest BCUT2D eigenvalue weighted by Gasteiger charge is -2.09. The van der Waals surface area contributed by atoms with Gasteiger partial charge in [0.2, 0.25) is 5.91 Å². The Bertz CT molecular complexity index is 581. The van der Waals surface area contributed by atoms with Crippen molar-refractivity contribution in [2.75, 3.05) is 0 Å². The van der Waals surface area contributed by atoms with Crippen LogP contribution in [0.4, 0.5) is 4.39 Å². The summed E-state index contributed by atoms with van der Waals surface area (Å²) < 4.78 is 12.8. The minimum Gasteiger partial charge on any atom is -0.352 e. The molecule has 1 amide bonds. The fraction of sp³-hybridized carbons (Fsp3) is 0.188. The van der Waals surface area contributed by atoms with Gasteiger partial charge in [-0.1, -0.05) is 36.4 Å². The summed E-state index contributed by atoms with van der Waals surface area (Å²) in [6, 6.07) is 13.7. The van der Waals surface area contributed by atoms with Crippen molar-refractivity contribution in [1.29, 1.82) is 0 Å². The average molecular weight is 272 g/mol. The maximum Gasteiger partial charge on any atom is 0.224 e. The van der Waals surface area contributed by atoms with Gasteiger partial charge in [-0.3, -0.25) is 4.79 Å². The Labute approximate surface area is 117 Å². The van der Waals surface area contributed by atoms with Gasteiger partial charge in [0.25, 0.3) is 0 Å². The van der Waals surface area contributed by atoms with Crippen LogP contribution in [0, 0.1) is 5.82 Å². The molecule has 0 fully saturated rings. The highest BCUT2D eigenvalue weighted by atomic mass is 19.1. The summed E-state index contributed by atoms with van der Waals surface area (Å²) in [5.74, 6) is -0.394. The van der Waals surface area contributed by atoms with Crippen LogP contribution in [0.5, 0.6) is 0 Å². The molecule has 0 aliphatic heterocycles. The highest BCUT2D eigenvalue weighted by molar-refractivity contribution is 5.78. The van der Waals surface area contributed by atoms with Gasteiger partial charge < -0.3 is 11.1 Å². The van der Waals surface area contributed by atoms with E-state index in [4.69, 9.17) is 5.73 Å². The molecule has 0 aromatic heterocycles. The first-order chi connectivity index (χ1) is 9.69. The van der Waals surface area contributed by atoms with Crippen LogP contribution in [0.25, 0.3) is 0 Å². The van der Waals surface area contributed by atoms with Crippen LogP contribution in [-0.2, 0) is 24.3 Å². The van der Waals surface area contributed by atoms with Crippen molar-refractivity contribution in [1.82, 2.24) is 5.32 Å². The van der Waals surface area contributed by atoms with Gasteiger partial charge in [0.05, 0.1) is 6.42 Å². The van der Waals surface area contributed by atoms with Gasteiger partial charge in [-0.25, -0.2) is 4.39 Å². The number of benzene rings is 2. The van der Waals surface area contributed by atoms with Gasteiger partial charge in [0.1, 0.15) is 5.82 Å². The van der Waals surface area contributed by atoms with E-state index in [9.17, 15) is 9.18 Å². The van der Waals surface area contributed by atoms with Crippen molar-refractivity contribution in [3.05, 3.63) is 71.0 Å². The number of carbonyl (C=O) groups excluding carboxylic acids is 1. The van der Waals surface area contributed by atoms with E-state index in [0.717, 1.165) is 16.7 Å². The van der Waals surface area contributed by atoms with E-state index in [1.807, 2.05) is 24.3 Å². The third kappa shape index (κ3) is 3.90. The van der Waals surface area contributed by atoms with Crippen LogP contribution >= 0.6 is 0 Å². The van der Waals surface area contributed by atoms with Crippen LogP contribution in [0.1, 0.15) is 16.7 Å². The van der Waals surface area contributed by atoms with Gasteiger partial charge in [-0.2, -0.15) is 0 Å². The molecule has 2 rings (SSSR count). The number of amides is 1. The minimum absolute atomic E-state index is 0.0940. The molecule has 104 valence electrons. The summed E-state index contributed by atoms with van der Waals surface area (Å²) in [7, 11) is 0. The maximum atomic E-state index is 12.8. The second-order valence-electron chi connectivity index (χ2n) is 4.55. The molecular weight excluding hydrogens is 255 g/mol. The topological polar surface area (TPSA) is 55.1 Å². The van der Waals surface area contributed by atoms with Crippen LogP contribution in [0.2, 0.25) is 0 Å². The molecule has 0 aliphatic rings.